The Morgan fingerprint density at radius 2 is 1.77 bits per heavy atom. The Labute approximate surface area is 184 Å². The lowest BCUT2D eigenvalue weighted by Crippen LogP contribution is -2.47. The molecule has 6 heteroatoms. The van der Waals surface area contributed by atoms with Gasteiger partial charge in [-0.25, -0.2) is 13.6 Å². The van der Waals surface area contributed by atoms with Crippen molar-refractivity contribution in [3.05, 3.63) is 53.1 Å². The number of hydrogen-bond donors (Lipinski definition) is 1. The number of piperazine rings is 1. The van der Waals surface area contributed by atoms with Crippen LogP contribution < -0.4 is 4.90 Å². The Hall–Kier alpha value is -2.21. The summed E-state index contributed by atoms with van der Waals surface area (Å²) in [5.41, 5.74) is 4.40. The van der Waals surface area contributed by atoms with Crippen LogP contribution in [0.5, 0.6) is 0 Å². The first-order valence-electron chi connectivity index (χ1n) is 11.1. The van der Waals surface area contributed by atoms with E-state index in [-0.39, 0.29) is 11.0 Å². The summed E-state index contributed by atoms with van der Waals surface area (Å²) in [5, 5.41) is 9.06. The molecule has 1 N–H and O–H groups in total. The average molecular weight is 433 g/mol. The second kappa shape index (κ2) is 9.94. The number of alkyl halides is 2. The highest BCUT2D eigenvalue weighted by Gasteiger charge is 2.28. The molecule has 31 heavy (non-hydrogen) atoms. The van der Waals surface area contributed by atoms with Crippen LogP contribution in [0.2, 0.25) is 0 Å². The quantitative estimate of drug-likeness (QED) is 0.542. The molecule has 1 aliphatic heterocycles. The SMILES string of the molecule is C=C(CCC1=C(CN2CCN(c3ccc(C(=O)O)cc3)CC2)CCC(C)(C)C1)C(F)F. The zero-order chi connectivity index (χ0) is 22.6. The van der Waals surface area contributed by atoms with Crippen LogP contribution in [0.4, 0.5) is 14.5 Å². The molecule has 0 radical (unpaired) electrons. The van der Waals surface area contributed by atoms with Crippen molar-refractivity contribution in [2.45, 2.75) is 52.4 Å². The number of carbonyl (C=O) groups is 1. The van der Waals surface area contributed by atoms with E-state index in [1.54, 1.807) is 12.1 Å². The Morgan fingerprint density at radius 3 is 2.35 bits per heavy atom. The van der Waals surface area contributed by atoms with E-state index in [2.05, 4.69) is 30.2 Å². The molecule has 0 unspecified atom stereocenters. The molecule has 1 aliphatic carbocycles. The van der Waals surface area contributed by atoms with Gasteiger partial charge in [0.15, 0.2) is 0 Å². The normalized spacial score (nSPS) is 19.7. The third-order valence-corrected chi connectivity index (χ3v) is 6.62. The smallest absolute Gasteiger partial charge is 0.335 e. The molecule has 0 amide bonds. The highest BCUT2D eigenvalue weighted by atomic mass is 19.3. The lowest BCUT2D eigenvalue weighted by Gasteiger charge is -2.39. The van der Waals surface area contributed by atoms with Gasteiger partial charge in [0.05, 0.1) is 5.56 Å². The molecule has 0 saturated carbocycles. The van der Waals surface area contributed by atoms with Crippen LogP contribution >= 0.6 is 0 Å². The van der Waals surface area contributed by atoms with Crippen molar-refractivity contribution in [1.82, 2.24) is 4.90 Å². The molecule has 1 heterocycles. The van der Waals surface area contributed by atoms with Crippen molar-refractivity contribution in [1.29, 1.82) is 0 Å². The number of nitrogens with zero attached hydrogens (tertiary/aromatic N) is 2. The van der Waals surface area contributed by atoms with Gasteiger partial charge in [0.25, 0.3) is 6.43 Å². The number of benzene rings is 1. The predicted molar refractivity (Wildman–Crippen MR) is 121 cm³/mol. The molecular formula is C25H34F2N2O2. The first-order chi connectivity index (χ1) is 14.6. The highest BCUT2D eigenvalue weighted by molar-refractivity contribution is 5.88. The highest BCUT2D eigenvalue weighted by Crippen LogP contribution is 2.41. The standard InChI is InChI=1S/C25H34F2N2O2/c1-18(23(26)27)4-5-20-16-25(2,3)11-10-21(20)17-28-12-14-29(15-13-28)22-8-6-19(7-9-22)24(30)31/h6-9,23H,1,4-5,10-17H2,2-3H3,(H,30,31). The van der Waals surface area contributed by atoms with Crippen molar-refractivity contribution < 1.29 is 18.7 Å². The van der Waals surface area contributed by atoms with Crippen molar-refractivity contribution >= 4 is 11.7 Å². The largest absolute Gasteiger partial charge is 0.478 e. The summed E-state index contributed by atoms with van der Waals surface area (Å²) >= 11 is 0. The Kier molecular flexibility index (Phi) is 7.52. The third kappa shape index (κ3) is 6.39. The van der Waals surface area contributed by atoms with Crippen LogP contribution in [0.3, 0.4) is 0 Å². The molecule has 170 valence electrons. The van der Waals surface area contributed by atoms with E-state index in [1.807, 2.05) is 12.1 Å². The molecule has 1 fully saturated rings. The number of carboxylic acid groups (broad SMARTS) is 1. The molecule has 4 nitrogen and oxygen atoms in total. The van der Waals surface area contributed by atoms with Crippen molar-refractivity contribution in [3.8, 4) is 0 Å². The van der Waals surface area contributed by atoms with Gasteiger partial charge in [-0.15, -0.1) is 0 Å². The summed E-state index contributed by atoms with van der Waals surface area (Å²) in [6, 6.07) is 7.05. The molecule has 0 bridgehead atoms. The lowest BCUT2D eigenvalue weighted by molar-refractivity contribution is 0.0697. The van der Waals surface area contributed by atoms with Crippen LogP contribution in [-0.2, 0) is 0 Å². The fourth-order valence-electron chi connectivity index (χ4n) is 4.58. The minimum absolute atomic E-state index is 0.0396. The van der Waals surface area contributed by atoms with E-state index in [9.17, 15) is 13.6 Å². The molecule has 1 aromatic rings. The molecule has 3 rings (SSSR count). The van der Waals surface area contributed by atoms with E-state index in [1.165, 1.54) is 11.1 Å². The van der Waals surface area contributed by atoms with E-state index in [0.29, 0.717) is 18.4 Å². The molecule has 2 aliphatic rings. The Balaban J connectivity index is 1.60. The molecule has 0 aromatic heterocycles. The van der Waals surface area contributed by atoms with Gasteiger partial charge in [-0.05, 0) is 67.4 Å². The lowest BCUT2D eigenvalue weighted by atomic mass is 9.73. The average Bonchev–Trinajstić information content (AvgIpc) is 2.74. The van der Waals surface area contributed by atoms with Crippen LogP contribution in [0.1, 0.15) is 56.3 Å². The molecule has 1 aromatic carbocycles. The van der Waals surface area contributed by atoms with Gasteiger partial charge in [-0.1, -0.05) is 31.6 Å². The maximum atomic E-state index is 12.9. The van der Waals surface area contributed by atoms with Crippen LogP contribution in [0.25, 0.3) is 0 Å². The molecule has 0 spiro atoms. The minimum Gasteiger partial charge on any atom is -0.478 e. The summed E-state index contributed by atoms with van der Waals surface area (Å²) in [5.74, 6) is -0.909. The monoisotopic (exact) mass is 432 g/mol. The van der Waals surface area contributed by atoms with Gasteiger partial charge >= 0.3 is 5.97 Å². The summed E-state index contributed by atoms with van der Waals surface area (Å²) < 4.78 is 25.8. The third-order valence-electron chi connectivity index (χ3n) is 6.62. The maximum Gasteiger partial charge on any atom is 0.335 e. The minimum atomic E-state index is -2.43. The maximum absolute atomic E-state index is 12.9. The van der Waals surface area contributed by atoms with Gasteiger partial charge in [0.1, 0.15) is 0 Å². The number of allylic oxidation sites excluding steroid dienone is 2. The van der Waals surface area contributed by atoms with Crippen LogP contribution in [-0.4, -0.2) is 55.1 Å². The van der Waals surface area contributed by atoms with E-state index >= 15 is 0 Å². The number of hydrogen-bond acceptors (Lipinski definition) is 3. The van der Waals surface area contributed by atoms with Crippen molar-refractivity contribution in [2.24, 2.45) is 5.41 Å². The molecular weight excluding hydrogens is 398 g/mol. The molecule has 1 saturated heterocycles. The Bertz CT molecular complexity index is 822. The summed E-state index contributed by atoms with van der Waals surface area (Å²) in [7, 11) is 0. The molecule has 0 atom stereocenters. The first kappa shape index (κ1) is 23.5. The van der Waals surface area contributed by atoms with Gasteiger partial charge in [0, 0.05) is 38.4 Å². The first-order valence-corrected chi connectivity index (χ1v) is 11.1. The van der Waals surface area contributed by atoms with Crippen molar-refractivity contribution in [2.75, 3.05) is 37.6 Å². The summed E-state index contributed by atoms with van der Waals surface area (Å²) in [6.45, 7) is 12.6. The fourth-order valence-corrected chi connectivity index (χ4v) is 4.58. The predicted octanol–water partition coefficient (Wildman–Crippen LogP) is 5.62. The zero-order valence-corrected chi connectivity index (χ0v) is 18.7. The Morgan fingerprint density at radius 1 is 1.13 bits per heavy atom. The van der Waals surface area contributed by atoms with Crippen molar-refractivity contribution in [3.63, 3.8) is 0 Å². The second-order valence-corrected chi connectivity index (χ2v) is 9.62. The number of halogens is 2. The number of anilines is 1. The number of aromatic carboxylic acids is 1. The topological polar surface area (TPSA) is 43.8 Å². The van der Waals surface area contributed by atoms with E-state index in [4.69, 9.17) is 5.11 Å². The van der Waals surface area contributed by atoms with E-state index < -0.39 is 12.4 Å². The number of carboxylic acids is 1. The zero-order valence-electron chi connectivity index (χ0n) is 18.7. The number of rotatable bonds is 8. The van der Waals surface area contributed by atoms with Crippen LogP contribution in [0.15, 0.2) is 47.6 Å². The van der Waals surface area contributed by atoms with Gasteiger partial charge in [-0.2, -0.15) is 0 Å². The van der Waals surface area contributed by atoms with E-state index in [0.717, 1.165) is 57.7 Å². The second-order valence-electron chi connectivity index (χ2n) is 9.62. The van der Waals surface area contributed by atoms with Gasteiger partial charge in [-0.3, -0.25) is 4.90 Å². The van der Waals surface area contributed by atoms with Gasteiger partial charge in [0.2, 0.25) is 0 Å². The fraction of sp³-hybridized carbons (Fsp3) is 0.560. The summed E-state index contributed by atoms with van der Waals surface area (Å²) in [4.78, 5) is 15.8. The summed E-state index contributed by atoms with van der Waals surface area (Å²) in [6.07, 6.45) is 1.79. The van der Waals surface area contributed by atoms with Crippen LogP contribution in [0, 0.1) is 5.41 Å². The van der Waals surface area contributed by atoms with Gasteiger partial charge < -0.3 is 10.0 Å².